The van der Waals surface area contributed by atoms with Crippen LogP contribution < -0.4 is 19.3 Å². The van der Waals surface area contributed by atoms with Gasteiger partial charge in [0, 0.05) is 42.1 Å². The number of hydrogen-bond donors (Lipinski definition) is 0. The van der Waals surface area contributed by atoms with Crippen LogP contribution in [0.5, 0.6) is 11.6 Å². The molecular weight excluding hydrogens is 482 g/mol. The first-order valence-corrected chi connectivity index (χ1v) is 10.8. The van der Waals surface area contributed by atoms with Gasteiger partial charge in [-0.05, 0) is 42.5 Å². The van der Waals surface area contributed by atoms with Crippen LogP contribution >= 0.6 is 0 Å². The summed E-state index contributed by atoms with van der Waals surface area (Å²) in [5.41, 5.74) is 2.71. The molecule has 0 spiro atoms. The van der Waals surface area contributed by atoms with Gasteiger partial charge in [0.15, 0.2) is 6.61 Å². The van der Waals surface area contributed by atoms with Crippen molar-refractivity contribution in [3.05, 3.63) is 66.5 Å². The number of urea groups is 1. The molecule has 8 nitrogen and oxygen atoms in total. The smallest absolute Gasteiger partial charge is 0.387 e. The first-order chi connectivity index (χ1) is 17.3. The van der Waals surface area contributed by atoms with Crippen molar-refractivity contribution >= 4 is 34.0 Å². The number of carbonyl (C=O) groups excluding carboxylic acids is 1. The minimum Gasteiger partial charge on any atom is -0.472 e. The van der Waals surface area contributed by atoms with Crippen LogP contribution in [-0.2, 0) is 13.6 Å². The van der Waals surface area contributed by atoms with Crippen molar-refractivity contribution in [1.82, 2.24) is 14.8 Å². The van der Waals surface area contributed by atoms with Crippen molar-refractivity contribution < 1.29 is 31.8 Å². The van der Waals surface area contributed by atoms with E-state index in [0.29, 0.717) is 22.6 Å². The third kappa shape index (κ3) is 4.61. The number of alkyl halides is 4. The summed E-state index contributed by atoms with van der Waals surface area (Å²) < 4.78 is 61.6. The van der Waals surface area contributed by atoms with Crippen LogP contribution in [0.25, 0.3) is 10.9 Å². The van der Waals surface area contributed by atoms with Crippen molar-refractivity contribution in [1.29, 1.82) is 0 Å². The molecule has 0 radical (unpaired) electrons. The summed E-state index contributed by atoms with van der Waals surface area (Å²) in [4.78, 5) is 20.7. The van der Waals surface area contributed by atoms with Gasteiger partial charge in [0.05, 0.1) is 23.4 Å². The quantitative estimate of drug-likeness (QED) is 0.313. The van der Waals surface area contributed by atoms with Crippen LogP contribution in [0.4, 0.5) is 39.4 Å². The van der Waals surface area contributed by atoms with Gasteiger partial charge in [0.2, 0.25) is 5.88 Å². The number of benzene rings is 2. The van der Waals surface area contributed by atoms with Gasteiger partial charge < -0.3 is 9.47 Å². The molecule has 0 fully saturated rings. The number of aryl methyl sites for hydroxylation is 1. The minimum absolute atomic E-state index is 0.0743. The zero-order chi connectivity index (χ0) is 25.4. The van der Waals surface area contributed by atoms with E-state index in [1.54, 1.807) is 23.9 Å². The number of pyridine rings is 1. The van der Waals surface area contributed by atoms with E-state index >= 15 is 0 Å². The molecule has 2 aromatic carbocycles. The third-order valence-electron chi connectivity index (χ3n) is 5.52. The van der Waals surface area contributed by atoms with Crippen molar-refractivity contribution in [2.24, 2.45) is 7.05 Å². The zero-order valence-corrected chi connectivity index (χ0v) is 18.8. The lowest BCUT2D eigenvalue weighted by Gasteiger charge is -2.37. The van der Waals surface area contributed by atoms with Gasteiger partial charge in [-0.3, -0.25) is 14.5 Å². The molecule has 0 aliphatic carbocycles. The third-order valence-corrected chi connectivity index (χ3v) is 5.52. The first kappa shape index (κ1) is 23.4. The summed E-state index contributed by atoms with van der Waals surface area (Å²) in [5, 5.41) is 5.18. The summed E-state index contributed by atoms with van der Waals surface area (Å²) in [5.74, 6) is -0.150. The molecule has 4 aromatic rings. The summed E-state index contributed by atoms with van der Waals surface area (Å²) in [6, 6.07) is 11.9. The molecule has 1 aliphatic heterocycles. The molecule has 36 heavy (non-hydrogen) atoms. The fourth-order valence-electron chi connectivity index (χ4n) is 4.01. The Bertz CT molecular complexity index is 1410. The summed E-state index contributed by atoms with van der Waals surface area (Å²) in [6.45, 7) is -3.69. The molecule has 2 aromatic heterocycles. The first-order valence-electron chi connectivity index (χ1n) is 10.8. The predicted molar refractivity (Wildman–Crippen MR) is 123 cm³/mol. The van der Waals surface area contributed by atoms with E-state index in [1.165, 1.54) is 46.3 Å². The second kappa shape index (κ2) is 9.36. The van der Waals surface area contributed by atoms with Crippen molar-refractivity contribution in [3.8, 4) is 11.6 Å². The summed E-state index contributed by atoms with van der Waals surface area (Å²) in [6.07, 6.45) is 0.592. The average molecular weight is 501 g/mol. The number of ether oxygens (including phenoxy) is 2. The standard InChI is InChI=1S/C24H19F4N5O3/c1-31-11-14-8-17(4-7-19(14)30-31)32-12-15-10-29-22(35-13-21(25)26)9-20(15)33(24(32)34)16-2-5-18(6-3-16)36-23(27)28/h2-11,21,23H,12-13H2,1H3. The van der Waals surface area contributed by atoms with Crippen LogP contribution in [0.15, 0.2) is 60.9 Å². The molecular formula is C24H19F4N5O3. The zero-order valence-electron chi connectivity index (χ0n) is 18.8. The largest absolute Gasteiger partial charge is 0.472 e. The molecule has 0 saturated carbocycles. The van der Waals surface area contributed by atoms with Gasteiger partial charge in [0.25, 0.3) is 6.43 Å². The molecule has 1 aliphatic rings. The number of aromatic nitrogens is 3. The Hall–Kier alpha value is -4.35. The Morgan fingerprint density at radius 3 is 2.50 bits per heavy atom. The molecule has 0 saturated heterocycles. The monoisotopic (exact) mass is 501 g/mol. The summed E-state index contributed by atoms with van der Waals surface area (Å²) >= 11 is 0. The second-order valence-electron chi connectivity index (χ2n) is 7.98. The number of halogens is 4. The lowest BCUT2D eigenvalue weighted by molar-refractivity contribution is -0.0498. The van der Waals surface area contributed by atoms with Gasteiger partial charge in [-0.1, -0.05) is 0 Å². The number of hydrogen-bond acceptors (Lipinski definition) is 5. The van der Waals surface area contributed by atoms with Gasteiger partial charge in [-0.15, -0.1) is 0 Å². The summed E-state index contributed by atoms with van der Waals surface area (Å²) in [7, 11) is 1.80. The molecule has 186 valence electrons. The molecule has 2 amide bonds. The highest BCUT2D eigenvalue weighted by Crippen LogP contribution is 2.39. The van der Waals surface area contributed by atoms with Crippen molar-refractivity contribution in [2.45, 2.75) is 19.6 Å². The Morgan fingerprint density at radius 1 is 1.03 bits per heavy atom. The molecule has 12 heteroatoms. The number of anilines is 3. The number of amides is 2. The van der Waals surface area contributed by atoms with Crippen LogP contribution in [-0.4, -0.2) is 40.4 Å². The fourth-order valence-corrected chi connectivity index (χ4v) is 4.01. The molecule has 3 heterocycles. The highest BCUT2D eigenvalue weighted by Gasteiger charge is 2.33. The topological polar surface area (TPSA) is 72.7 Å². The van der Waals surface area contributed by atoms with E-state index in [1.807, 2.05) is 12.3 Å². The number of carbonyl (C=O) groups is 1. The maximum Gasteiger partial charge on any atom is 0.387 e. The Balaban J connectivity index is 1.56. The lowest BCUT2D eigenvalue weighted by atomic mass is 10.1. The average Bonchev–Trinajstić information content (AvgIpc) is 3.22. The fraction of sp³-hybridized carbons (Fsp3) is 0.208. The Morgan fingerprint density at radius 2 is 1.78 bits per heavy atom. The lowest BCUT2D eigenvalue weighted by Crippen LogP contribution is -2.45. The highest BCUT2D eigenvalue weighted by atomic mass is 19.3. The minimum atomic E-state index is -2.99. The van der Waals surface area contributed by atoms with Gasteiger partial charge in [0.1, 0.15) is 5.75 Å². The maximum atomic E-state index is 13.8. The maximum absolute atomic E-state index is 13.8. The van der Waals surface area contributed by atoms with E-state index < -0.39 is 25.7 Å². The number of fused-ring (bicyclic) bond motifs is 2. The van der Waals surface area contributed by atoms with E-state index in [2.05, 4.69) is 14.8 Å². The molecule has 0 bridgehead atoms. The molecule has 0 unspecified atom stereocenters. The molecule has 0 atom stereocenters. The predicted octanol–water partition coefficient (Wildman–Crippen LogP) is 5.49. The van der Waals surface area contributed by atoms with Crippen LogP contribution in [0.1, 0.15) is 5.56 Å². The second-order valence-corrected chi connectivity index (χ2v) is 7.98. The van der Waals surface area contributed by atoms with Gasteiger partial charge in [-0.2, -0.15) is 13.9 Å². The molecule has 0 N–H and O–H groups in total. The number of nitrogens with zero attached hydrogens (tertiary/aromatic N) is 5. The number of rotatable bonds is 7. The van der Waals surface area contributed by atoms with Gasteiger partial charge >= 0.3 is 12.6 Å². The van der Waals surface area contributed by atoms with E-state index in [9.17, 15) is 22.4 Å². The Kier molecular flexibility index (Phi) is 6.08. The molecule has 5 rings (SSSR count). The van der Waals surface area contributed by atoms with Gasteiger partial charge in [-0.25, -0.2) is 18.6 Å². The van der Waals surface area contributed by atoms with E-state index in [0.717, 1.165) is 10.9 Å². The van der Waals surface area contributed by atoms with Crippen LogP contribution in [0, 0.1) is 0 Å². The Labute approximate surface area is 202 Å². The van der Waals surface area contributed by atoms with E-state index in [4.69, 9.17) is 4.74 Å². The van der Waals surface area contributed by atoms with E-state index in [-0.39, 0.29) is 18.2 Å². The van der Waals surface area contributed by atoms with Crippen LogP contribution in [0.2, 0.25) is 0 Å². The van der Waals surface area contributed by atoms with Crippen LogP contribution in [0.3, 0.4) is 0 Å². The van der Waals surface area contributed by atoms with Crippen molar-refractivity contribution in [2.75, 3.05) is 16.4 Å². The normalized spacial score (nSPS) is 13.6. The van der Waals surface area contributed by atoms with Crippen molar-refractivity contribution in [3.63, 3.8) is 0 Å². The SMILES string of the molecule is Cn1cc2cc(N3Cc4cnc(OCC(F)F)cc4N(c4ccc(OC(F)F)cc4)C3=O)ccc2n1. The highest BCUT2D eigenvalue weighted by molar-refractivity contribution is 6.11.